The van der Waals surface area contributed by atoms with Crippen LogP contribution in [0.15, 0.2) is 17.1 Å². The molecule has 1 aromatic rings. The van der Waals surface area contributed by atoms with Crippen LogP contribution in [-0.2, 0) is 24.9 Å². The second-order valence-corrected chi connectivity index (χ2v) is 6.29. The molecule has 0 bridgehead atoms. The molecule has 0 amide bonds. The number of aliphatic hydroxyl groups excluding tert-OH is 1. The highest BCUT2D eigenvalue weighted by molar-refractivity contribution is 5.73. The maximum absolute atomic E-state index is 12.4. The zero-order valence-corrected chi connectivity index (χ0v) is 14.6. The van der Waals surface area contributed by atoms with E-state index in [1.807, 2.05) is 0 Å². The van der Waals surface area contributed by atoms with Gasteiger partial charge in [0, 0.05) is 6.20 Å². The molecule has 0 spiro atoms. The fraction of sp³-hybridized carbons (Fsp3) is 0.500. The van der Waals surface area contributed by atoms with Gasteiger partial charge in [0.1, 0.15) is 12.5 Å². The third-order valence-electron chi connectivity index (χ3n) is 4.52. The normalized spacial score (nSPS) is 29.6. The van der Waals surface area contributed by atoms with E-state index in [0.29, 0.717) is 4.57 Å². The van der Waals surface area contributed by atoms with Crippen LogP contribution < -0.4 is 11.4 Å². The van der Waals surface area contributed by atoms with Gasteiger partial charge in [-0.15, -0.1) is 5.06 Å². The molecule has 29 heavy (non-hydrogen) atoms. The number of aliphatic hydroxyl groups is 3. The summed E-state index contributed by atoms with van der Waals surface area (Å²) in [5.41, 5.74) is -5.27. The van der Waals surface area contributed by atoms with E-state index in [0.717, 1.165) is 12.3 Å². The van der Waals surface area contributed by atoms with Crippen LogP contribution in [0.1, 0.15) is 19.3 Å². The van der Waals surface area contributed by atoms with Gasteiger partial charge in [-0.1, -0.05) is 0 Å². The van der Waals surface area contributed by atoms with Crippen molar-refractivity contribution in [3.8, 4) is 0 Å². The molecule has 1 fully saturated rings. The molecule has 3 atom stereocenters. The molecule has 1 saturated heterocycles. The minimum atomic E-state index is -3.27. The quantitative estimate of drug-likeness (QED) is 0.217. The third-order valence-corrected chi connectivity index (χ3v) is 4.52. The van der Waals surface area contributed by atoms with E-state index in [1.165, 1.54) is 0 Å². The Bertz CT molecular complexity index is 904. The van der Waals surface area contributed by atoms with Gasteiger partial charge in [-0.25, -0.2) is 4.79 Å². The molecule has 0 saturated carbocycles. The third kappa shape index (κ3) is 3.40. The Hall–Kier alpha value is -3.11. The lowest BCUT2D eigenvalue weighted by Gasteiger charge is -2.43. The predicted molar refractivity (Wildman–Crippen MR) is 87.6 cm³/mol. The molecular formula is C14H18N4O11. The van der Waals surface area contributed by atoms with Gasteiger partial charge in [-0.3, -0.25) is 23.8 Å². The van der Waals surface area contributed by atoms with Crippen LogP contribution in [0, 0.1) is 0 Å². The Balaban J connectivity index is 2.92. The summed E-state index contributed by atoms with van der Waals surface area (Å²) in [6.07, 6.45) is -3.39. The molecule has 2 rings (SSSR count). The first-order valence-electron chi connectivity index (χ1n) is 7.86. The van der Waals surface area contributed by atoms with Crippen molar-refractivity contribution < 1.29 is 49.9 Å². The van der Waals surface area contributed by atoms with Crippen molar-refractivity contribution in [2.45, 2.75) is 36.3 Å². The van der Waals surface area contributed by atoms with Crippen LogP contribution in [0.2, 0.25) is 0 Å². The molecule has 0 radical (unpaired) electrons. The standard InChI is InChI=1S/C14H18N4O11/c15-7-1-2-17(11(26)16-7)14(5-10(24)25)12(27,3-8(20)21)13(28,4-9(22)23)18(6-19)29-14/h1-2,19,27-28H,3-6H2,(H,20,21)(H,22,23)(H,24,25)(H2,15,16,26)/t12-,13+,14-/m1/s1. The van der Waals surface area contributed by atoms with Crippen molar-refractivity contribution in [2.75, 3.05) is 12.5 Å². The summed E-state index contributed by atoms with van der Waals surface area (Å²) in [5.74, 6) is -5.59. The van der Waals surface area contributed by atoms with Crippen LogP contribution in [0.4, 0.5) is 5.82 Å². The Morgan fingerprint density at radius 3 is 2.07 bits per heavy atom. The van der Waals surface area contributed by atoms with E-state index >= 15 is 0 Å². The lowest BCUT2D eigenvalue weighted by atomic mass is 9.75. The number of hydrogen-bond donors (Lipinski definition) is 7. The number of hydroxylamine groups is 2. The molecule has 2 heterocycles. The second-order valence-electron chi connectivity index (χ2n) is 6.29. The average molecular weight is 418 g/mol. The summed E-state index contributed by atoms with van der Waals surface area (Å²) in [7, 11) is 0. The zero-order chi connectivity index (χ0) is 22.2. The van der Waals surface area contributed by atoms with E-state index in [4.69, 9.17) is 15.7 Å². The van der Waals surface area contributed by atoms with E-state index < -0.39 is 66.6 Å². The number of aromatic nitrogens is 2. The molecule has 0 aromatic carbocycles. The number of carbonyl (C=O) groups is 3. The second kappa shape index (κ2) is 7.37. The van der Waals surface area contributed by atoms with Crippen LogP contribution >= 0.6 is 0 Å². The maximum Gasteiger partial charge on any atom is 0.352 e. The zero-order valence-electron chi connectivity index (χ0n) is 14.6. The van der Waals surface area contributed by atoms with Gasteiger partial charge in [0.2, 0.25) is 5.72 Å². The van der Waals surface area contributed by atoms with Crippen molar-refractivity contribution in [2.24, 2.45) is 0 Å². The molecular weight excluding hydrogens is 400 g/mol. The van der Waals surface area contributed by atoms with E-state index in [2.05, 4.69) is 4.98 Å². The molecule has 0 unspecified atom stereocenters. The fourth-order valence-corrected chi connectivity index (χ4v) is 3.35. The van der Waals surface area contributed by atoms with Crippen molar-refractivity contribution in [3.63, 3.8) is 0 Å². The predicted octanol–water partition coefficient (Wildman–Crippen LogP) is -3.48. The monoisotopic (exact) mass is 418 g/mol. The number of aliphatic carboxylic acids is 3. The van der Waals surface area contributed by atoms with Crippen LogP contribution in [-0.4, -0.2) is 81.2 Å². The molecule has 0 aliphatic carbocycles. The van der Waals surface area contributed by atoms with E-state index in [9.17, 15) is 44.7 Å². The highest BCUT2D eigenvalue weighted by Crippen LogP contribution is 2.53. The summed E-state index contributed by atoms with van der Waals surface area (Å²) in [6.45, 7) is -1.30. The van der Waals surface area contributed by atoms with Gasteiger partial charge < -0.3 is 36.4 Å². The number of carboxylic acid groups (broad SMARTS) is 3. The van der Waals surface area contributed by atoms with Gasteiger partial charge in [-0.2, -0.15) is 4.98 Å². The SMILES string of the molecule is Nc1ccn([C@]2(CC(=O)O)ON(CO)[C@](O)(CC(=O)O)[C@]2(O)CC(=O)O)c(=O)n1. The maximum atomic E-state index is 12.4. The minimum absolute atomic E-state index is 0.0931. The summed E-state index contributed by atoms with van der Waals surface area (Å²) >= 11 is 0. The molecule has 1 aromatic heterocycles. The number of nitrogens with two attached hydrogens (primary N) is 1. The Morgan fingerprint density at radius 1 is 1.07 bits per heavy atom. The van der Waals surface area contributed by atoms with Crippen molar-refractivity contribution in [1.82, 2.24) is 14.6 Å². The molecule has 15 heteroatoms. The molecule has 160 valence electrons. The fourth-order valence-electron chi connectivity index (χ4n) is 3.35. The van der Waals surface area contributed by atoms with Gasteiger partial charge in [-0.05, 0) is 6.07 Å². The average Bonchev–Trinajstić information content (AvgIpc) is 2.72. The lowest BCUT2D eigenvalue weighted by Crippen LogP contribution is -2.68. The van der Waals surface area contributed by atoms with Crippen LogP contribution in [0.5, 0.6) is 0 Å². The first-order valence-corrected chi connectivity index (χ1v) is 7.86. The highest BCUT2D eigenvalue weighted by atomic mass is 16.8. The number of rotatable bonds is 8. The van der Waals surface area contributed by atoms with E-state index in [1.54, 1.807) is 0 Å². The van der Waals surface area contributed by atoms with E-state index in [-0.39, 0.29) is 10.9 Å². The number of nitrogens with zero attached hydrogens (tertiary/aromatic N) is 3. The first kappa shape index (κ1) is 22.2. The first-order chi connectivity index (χ1) is 13.3. The Morgan fingerprint density at radius 2 is 1.62 bits per heavy atom. The largest absolute Gasteiger partial charge is 0.481 e. The minimum Gasteiger partial charge on any atom is -0.481 e. The number of hydrogen-bond acceptors (Lipinski definition) is 11. The Labute approximate surface area is 160 Å². The van der Waals surface area contributed by atoms with Gasteiger partial charge >= 0.3 is 23.6 Å². The molecule has 1 aliphatic heterocycles. The van der Waals surface area contributed by atoms with Gasteiger partial charge in [0.25, 0.3) is 0 Å². The molecule has 8 N–H and O–H groups in total. The highest BCUT2D eigenvalue weighted by Gasteiger charge is 2.76. The van der Waals surface area contributed by atoms with Gasteiger partial charge in [0.15, 0.2) is 11.3 Å². The lowest BCUT2D eigenvalue weighted by molar-refractivity contribution is -0.308. The topological polar surface area (TPSA) is 246 Å². The molecule has 15 nitrogen and oxygen atoms in total. The summed E-state index contributed by atoms with van der Waals surface area (Å²) < 4.78 is 0.364. The molecule has 1 aliphatic rings. The Kier molecular flexibility index (Phi) is 5.64. The van der Waals surface area contributed by atoms with Crippen molar-refractivity contribution in [3.05, 3.63) is 22.7 Å². The number of carboxylic acids is 3. The summed E-state index contributed by atoms with van der Waals surface area (Å²) in [6, 6.07) is 0.993. The number of nitrogen functional groups attached to an aromatic ring is 1. The summed E-state index contributed by atoms with van der Waals surface area (Å²) in [4.78, 5) is 55.2. The number of anilines is 1. The van der Waals surface area contributed by atoms with Crippen LogP contribution in [0.3, 0.4) is 0 Å². The van der Waals surface area contributed by atoms with Gasteiger partial charge in [0.05, 0.1) is 19.3 Å². The van der Waals surface area contributed by atoms with Crippen molar-refractivity contribution >= 4 is 23.7 Å². The van der Waals surface area contributed by atoms with Crippen molar-refractivity contribution in [1.29, 1.82) is 0 Å². The van der Waals surface area contributed by atoms with Crippen LogP contribution in [0.25, 0.3) is 0 Å². The summed E-state index contributed by atoms with van der Waals surface area (Å²) in [5, 5.41) is 59.6. The smallest absolute Gasteiger partial charge is 0.352 e.